The Labute approximate surface area is 218 Å². The van der Waals surface area contributed by atoms with Crippen LogP contribution in [0.4, 0.5) is 4.79 Å². The maximum atomic E-state index is 13.4. The van der Waals surface area contributed by atoms with Crippen molar-refractivity contribution < 1.29 is 23.8 Å². The lowest BCUT2D eigenvalue weighted by atomic mass is 9.98. The Kier molecular flexibility index (Phi) is 7.02. The summed E-state index contributed by atoms with van der Waals surface area (Å²) < 4.78 is 17.6. The van der Waals surface area contributed by atoms with Crippen molar-refractivity contribution >= 4 is 12.1 Å². The predicted octanol–water partition coefficient (Wildman–Crippen LogP) is 5.94. The number of carbonyl (C=O) groups excluding carboxylic acids is 2. The van der Waals surface area contributed by atoms with E-state index in [0.717, 1.165) is 16.7 Å². The van der Waals surface area contributed by atoms with Gasteiger partial charge in [0.2, 0.25) is 0 Å². The van der Waals surface area contributed by atoms with Crippen molar-refractivity contribution in [2.45, 2.75) is 57.5 Å². The first-order valence-electron chi connectivity index (χ1n) is 12.8. The lowest BCUT2D eigenvalue weighted by Gasteiger charge is -2.25. The highest BCUT2D eigenvalue weighted by atomic mass is 16.6. The van der Waals surface area contributed by atoms with Crippen LogP contribution in [0.1, 0.15) is 49.8 Å². The summed E-state index contributed by atoms with van der Waals surface area (Å²) in [6, 6.07) is 25.2. The minimum atomic E-state index is -0.758. The first-order chi connectivity index (χ1) is 17.8. The van der Waals surface area contributed by atoms with Gasteiger partial charge in [-0.1, -0.05) is 78.9 Å². The maximum absolute atomic E-state index is 13.4. The van der Waals surface area contributed by atoms with Gasteiger partial charge in [-0.15, -0.1) is 0 Å². The average molecular weight is 500 g/mol. The van der Waals surface area contributed by atoms with Crippen LogP contribution in [-0.2, 0) is 25.6 Å². The Morgan fingerprint density at radius 1 is 0.838 bits per heavy atom. The zero-order valence-electron chi connectivity index (χ0n) is 21.6. The number of rotatable bonds is 6. The van der Waals surface area contributed by atoms with Gasteiger partial charge in [0.05, 0.1) is 18.2 Å². The van der Waals surface area contributed by atoms with E-state index in [9.17, 15) is 9.59 Å². The van der Waals surface area contributed by atoms with E-state index >= 15 is 0 Å². The molecule has 0 bridgehead atoms. The fraction of sp³-hybridized carbons (Fsp3) is 0.355. The van der Waals surface area contributed by atoms with Crippen molar-refractivity contribution in [2.75, 3.05) is 13.2 Å². The van der Waals surface area contributed by atoms with Crippen molar-refractivity contribution in [3.05, 3.63) is 95.6 Å². The van der Waals surface area contributed by atoms with E-state index in [0.29, 0.717) is 6.42 Å². The number of likely N-dealkylation sites (tertiary alicyclic amines) is 1. The summed E-state index contributed by atoms with van der Waals surface area (Å²) in [4.78, 5) is 27.9. The Morgan fingerprint density at radius 3 is 2.05 bits per heavy atom. The lowest BCUT2D eigenvalue weighted by Crippen LogP contribution is -2.42. The zero-order valence-corrected chi connectivity index (χ0v) is 21.6. The molecule has 37 heavy (non-hydrogen) atoms. The van der Waals surface area contributed by atoms with E-state index < -0.39 is 23.7 Å². The molecule has 3 aromatic carbocycles. The van der Waals surface area contributed by atoms with Crippen LogP contribution < -0.4 is 0 Å². The molecule has 5 rings (SSSR count). The van der Waals surface area contributed by atoms with Gasteiger partial charge in [-0.2, -0.15) is 0 Å². The van der Waals surface area contributed by atoms with Crippen LogP contribution in [-0.4, -0.2) is 47.9 Å². The predicted molar refractivity (Wildman–Crippen MR) is 141 cm³/mol. The largest absolute Gasteiger partial charge is 0.459 e. The molecule has 1 amide bonds. The first-order valence-corrected chi connectivity index (χ1v) is 12.8. The average Bonchev–Trinajstić information content (AvgIpc) is 3.45. The Morgan fingerprint density at radius 2 is 1.43 bits per heavy atom. The quantitative estimate of drug-likeness (QED) is 0.393. The lowest BCUT2D eigenvalue weighted by molar-refractivity contribution is -0.150. The van der Waals surface area contributed by atoms with Crippen LogP contribution in [0.15, 0.2) is 78.9 Å². The number of amides is 1. The summed E-state index contributed by atoms with van der Waals surface area (Å²) in [6.45, 7) is 6.52. The van der Waals surface area contributed by atoms with Crippen LogP contribution in [0.2, 0.25) is 0 Å². The molecule has 0 unspecified atom stereocenters. The number of hydrogen-bond acceptors (Lipinski definition) is 5. The standard InChI is InChI=1S/C31H33NO5/c1-31(2,3)37-22-17-28(29(33)35-19-21-11-5-4-6-12-21)32(18-22)30(34)36-20-27-25-15-9-7-13-23(25)24-14-8-10-16-26(24)27/h4-16,22,27-28H,17-20H2,1-3H3/t22-,28+/m1/s1. The molecule has 0 aromatic heterocycles. The minimum absolute atomic E-state index is 0.0518. The third-order valence-electron chi connectivity index (χ3n) is 6.85. The summed E-state index contributed by atoms with van der Waals surface area (Å²) in [6.07, 6.45) is -0.437. The normalized spacial score (nSPS) is 18.8. The SMILES string of the molecule is CC(C)(C)O[C@@H]1C[C@@H](C(=O)OCc2ccccc2)N(C(=O)OCC2c3ccccc3-c3ccccc32)C1. The summed E-state index contributed by atoms with van der Waals surface area (Å²) in [5, 5.41) is 0. The van der Waals surface area contributed by atoms with Crippen molar-refractivity contribution in [1.29, 1.82) is 0 Å². The van der Waals surface area contributed by atoms with Gasteiger partial charge in [-0.25, -0.2) is 9.59 Å². The number of esters is 1. The van der Waals surface area contributed by atoms with Gasteiger partial charge in [0.25, 0.3) is 0 Å². The van der Waals surface area contributed by atoms with Crippen molar-refractivity contribution in [3.63, 3.8) is 0 Å². The molecular formula is C31H33NO5. The van der Waals surface area contributed by atoms with Crippen LogP contribution in [0.5, 0.6) is 0 Å². The van der Waals surface area contributed by atoms with Gasteiger partial charge in [-0.05, 0) is 48.6 Å². The van der Waals surface area contributed by atoms with E-state index in [4.69, 9.17) is 14.2 Å². The highest BCUT2D eigenvalue weighted by molar-refractivity contribution is 5.83. The van der Waals surface area contributed by atoms with Crippen molar-refractivity contribution in [3.8, 4) is 11.1 Å². The molecule has 6 heteroatoms. The van der Waals surface area contributed by atoms with Gasteiger partial charge >= 0.3 is 12.1 Å². The molecule has 192 valence electrons. The van der Waals surface area contributed by atoms with Gasteiger partial charge < -0.3 is 14.2 Å². The van der Waals surface area contributed by atoms with Gasteiger partial charge in [-0.3, -0.25) is 4.90 Å². The van der Waals surface area contributed by atoms with E-state index in [2.05, 4.69) is 24.3 Å². The second-order valence-electron chi connectivity index (χ2n) is 10.7. The summed E-state index contributed by atoms with van der Waals surface area (Å²) in [5.41, 5.74) is 5.11. The van der Waals surface area contributed by atoms with Crippen LogP contribution in [0.3, 0.4) is 0 Å². The van der Waals surface area contributed by atoms with Crippen molar-refractivity contribution in [2.24, 2.45) is 0 Å². The first kappa shape index (κ1) is 25.0. The molecule has 2 aliphatic rings. The number of nitrogens with zero attached hydrogens (tertiary/aromatic N) is 1. The van der Waals surface area contributed by atoms with Gasteiger partial charge in [0, 0.05) is 12.3 Å². The monoisotopic (exact) mass is 499 g/mol. The number of fused-ring (bicyclic) bond motifs is 3. The summed E-state index contributed by atoms with van der Waals surface area (Å²) in [5.74, 6) is -0.499. The Bertz CT molecular complexity index is 1220. The smallest absolute Gasteiger partial charge is 0.410 e. The highest BCUT2D eigenvalue weighted by Gasteiger charge is 2.43. The fourth-order valence-electron chi connectivity index (χ4n) is 5.31. The highest BCUT2D eigenvalue weighted by Crippen LogP contribution is 2.44. The van der Waals surface area contributed by atoms with Crippen LogP contribution in [0.25, 0.3) is 11.1 Å². The second-order valence-corrected chi connectivity index (χ2v) is 10.7. The minimum Gasteiger partial charge on any atom is -0.459 e. The third kappa shape index (κ3) is 5.54. The maximum Gasteiger partial charge on any atom is 0.410 e. The second kappa shape index (κ2) is 10.4. The van der Waals surface area contributed by atoms with E-state index in [1.165, 1.54) is 16.0 Å². The molecule has 3 aromatic rings. The Balaban J connectivity index is 1.29. The van der Waals surface area contributed by atoms with Gasteiger partial charge in [0.1, 0.15) is 19.3 Å². The molecule has 0 radical (unpaired) electrons. The molecule has 1 fully saturated rings. The molecule has 1 aliphatic heterocycles. The molecule has 0 spiro atoms. The summed E-state index contributed by atoms with van der Waals surface area (Å²) in [7, 11) is 0. The Hall–Kier alpha value is -3.64. The fourth-order valence-corrected chi connectivity index (χ4v) is 5.31. The molecule has 0 N–H and O–H groups in total. The van der Waals surface area contributed by atoms with Crippen LogP contribution >= 0.6 is 0 Å². The molecule has 1 heterocycles. The summed E-state index contributed by atoms with van der Waals surface area (Å²) >= 11 is 0. The number of carbonyl (C=O) groups is 2. The molecule has 1 aliphatic carbocycles. The molecule has 0 saturated carbocycles. The van der Waals surface area contributed by atoms with E-state index in [-0.39, 0.29) is 31.8 Å². The van der Waals surface area contributed by atoms with Gasteiger partial charge in [0.15, 0.2) is 0 Å². The number of benzene rings is 3. The molecule has 1 saturated heterocycles. The molecule has 6 nitrogen and oxygen atoms in total. The number of hydrogen-bond donors (Lipinski definition) is 0. The van der Waals surface area contributed by atoms with E-state index in [1.807, 2.05) is 75.4 Å². The third-order valence-corrected chi connectivity index (χ3v) is 6.85. The van der Waals surface area contributed by atoms with Crippen LogP contribution in [0, 0.1) is 0 Å². The van der Waals surface area contributed by atoms with E-state index in [1.54, 1.807) is 0 Å². The molecule has 2 atom stereocenters. The topological polar surface area (TPSA) is 65.1 Å². The zero-order chi connectivity index (χ0) is 26.0. The number of ether oxygens (including phenoxy) is 3. The molecular weight excluding hydrogens is 466 g/mol. The van der Waals surface area contributed by atoms with Crippen molar-refractivity contribution in [1.82, 2.24) is 4.90 Å².